The highest BCUT2D eigenvalue weighted by Gasteiger charge is 2.68. The van der Waals surface area contributed by atoms with E-state index < -0.39 is 0 Å². The Morgan fingerprint density at radius 1 is 1.03 bits per heavy atom. The summed E-state index contributed by atoms with van der Waals surface area (Å²) in [6.07, 6.45) is 9.46. The van der Waals surface area contributed by atoms with E-state index in [9.17, 15) is 9.90 Å². The van der Waals surface area contributed by atoms with Crippen molar-refractivity contribution in [3.05, 3.63) is 22.8 Å². The fourth-order valence-electron chi connectivity index (χ4n) is 10.4. The number of aliphatic hydroxyl groups excluding tert-OH is 1. The largest absolute Gasteiger partial charge is 0.459 e. The molecule has 0 aromatic carbocycles. The minimum Gasteiger partial charge on any atom is -0.459 e. The van der Waals surface area contributed by atoms with E-state index in [1.165, 1.54) is 25.3 Å². The van der Waals surface area contributed by atoms with Crippen molar-refractivity contribution in [3.8, 4) is 0 Å². The molecular formula is C32H50O4. The molecule has 1 heterocycles. The third-order valence-corrected chi connectivity index (χ3v) is 12.3. The topological polar surface area (TPSA) is 55.8 Å². The standard InChI is InChI=1S/C32H50O4/c1-18(2)16-23-28(35-20(4)33)19(3)27-24(36-23)17-32(9)22-10-11-25-29(5,6)26(34)13-14-30(25,7)21(22)12-15-31(27,32)8/h16,19,23-28,34H,10-15,17H2,1-9H3/t19-,23-,24+,25+,26+,27-,28+,30+,31+,32-/m0/s1. The van der Waals surface area contributed by atoms with Crippen LogP contribution in [0.5, 0.6) is 0 Å². The van der Waals surface area contributed by atoms with Crippen LogP contribution < -0.4 is 0 Å². The minimum absolute atomic E-state index is 0.0384. The van der Waals surface area contributed by atoms with Gasteiger partial charge in [-0.25, -0.2) is 0 Å². The molecule has 0 radical (unpaired) electrons. The predicted octanol–water partition coefficient (Wildman–Crippen LogP) is 7.01. The van der Waals surface area contributed by atoms with Crippen LogP contribution >= 0.6 is 0 Å². The Labute approximate surface area is 219 Å². The van der Waals surface area contributed by atoms with Gasteiger partial charge in [0.25, 0.3) is 0 Å². The van der Waals surface area contributed by atoms with Gasteiger partial charge in [-0.2, -0.15) is 0 Å². The van der Waals surface area contributed by atoms with Gasteiger partial charge >= 0.3 is 5.97 Å². The Hall–Kier alpha value is -1.13. The zero-order valence-corrected chi connectivity index (χ0v) is 24.2. The molecule has 0 aromatic rings. The molecule has 0 spiro atoms. The Morgan fingerprint density at radius 3 is 2.36 bits per heavy atom. The number of aliphatic hydroxyl groups is 1. The molecule has 5 rings (SSSR count). The molecule has 2 saturated carbocycles. The van der Waals surface area contributed by atoms with Gasteiger partial charge in [0.15, 0.2) is 0 Å². The summed E-state index contributed by atoms with van der Waals surface area (Å²) < 4.78 is 12.8. The number of rotatable bonds is 2. The first-order valence-corrected chi connectivity index (χ1v) is 14.6. The summed E-state index contributed by atoms with van der Waals surface area (Å²) in [6.45, 7) is 20.2. The van der Waals surface area contributed by atoms with Crippen LogP contribution in [0, 0.1) is 39.4 Å². The number of ether oxygens (including phenoxy) is 2. The van der Waals surface area contributed by atoms with Crippen molar-refractivity contribution < 1.29 is 19.4 Å². The van der Waals surface area contributed by atoms with E-state index in [2.05, 4.69) is 61.5 Å². The summed E-state index contributed by atoms with van der Waals surface area (Å²) in [5.74, 6) is 0.944. The highest BCUT2D eigenvalue weighted by molar-refractivity contribution is 5.66. The van der Waals surface area contributed by atoms with Crippen molar-refractivity contribution >= 4 is 5.97 Å². The zero-order valence-electron chi connectivity index (χ0n) is 24.2. The molecule has 202 valence electrons. The monoisotopic (exact) mass is 498 g/mol. The Balaban J connectivity index is 1.56. The van der Waals surface area contributed by atoms with E-state index in [0.717, 1.165) is 32.1 Å². The van der Waals surface area contributed by atoms with E-state index in [4.69, 9.17) is 9.47 Å². The van der Waals surface area contributed by atoms with Crippen molar-refractivity contribution in [3.63, 3.8) is 0 Å². The number of hydrogen-bond donors (Lipinski definition) is 1. The molecule has 0 unspecified atom stereocenters. The quantitative estimate of drug-likeness (QED) is 0.329. The molecule has 0 aromatic heterocycles. The summed E-state index contributed by atoms with van der Waals surface area (Å²) in [4.78, 5) is 12.1. The van der Waals surface area contributed by atoms with Gasteiger partial charge < -0.3 is 14.6 Å². The maximum atomic E-state index is 12.1. The lowest BCUT2D eigenvalue weighted by molar-refractivity contribution is -0.191. The van der Waals surface area contributed by atoms with E-state index >= 15 is 0 Å². The number of allylic oxidation sites excluding steroid dienone is 3. The van der Waals surface area contributed by atoms with Crippen molar-refractivity contribution in [1.82, 2.24) is 0 Å². The van der Waals surface area contributed by atoms with Crippen LogP contribution in [0.3, 0.4) is 0 Å². The molecule has 10 atom stereocenters. The first-order chi connectivity index (χ1) is 16.7. The van der Waals surface area contributed by atoms with Crippen molar-refractivity contribution in [2.75, 3.05) is 0 Å². The summed E-state index contributed by atoms with van der Waals surface area (Å²) in [5.41, 5.74) is 5.01. The molecule has 4 heteroatoms. The fraction of sp³-hybridized carbons (Fsp3) is 0.844. The van der Waals surface area contributed by atoms with Crippen LogP contribution in [0.15, 0.2) is 22.8 Å². The summed E-state index contributed by atoms with van der Waals surface area (Å²) in [7, 11) is 0. The molecule has 5 aliphatic rings. The second-order valence-corrected chi connectivity index (χ2v) is 14.6. The lowest BCUT2D eigenvalue weighted by Gasteiger charge is -2.62. The molecule has 1 saturated heterocycles. The summed E-state index contributed by atoms with van der Waals surface area (Å²) >= 11 is 0. The van der Waals surface area contributed by atoms with Gasteiger partial charge in [-0.05, 0) is 92.3 Å². The van der Waals surface area contributed by atoms with E-state index in [1.807, 2.05) is 0 Å². The molecule has 0 amide bonds. The lowest BCUT2D eigenvalue weighted by Crippen LogP contribution is -2.56. The van der Waals surface area contributed by atoms with E-state index in [-0.39, 0.29) is 58.0 Å². The van der Waals surface area contributed by atoms with Crippen LogP contribution in [0.4, 0.5) is 0 Å². The molecular weight excluding hydrogens is 448 g/mol. The molecule has 1 aliphatic heterocycles. The average Bonchev–Trinajstić information content (AvgIpc) is 3.00. The Bertz CT molecular complexity index is 988. The zero-order chi connectivity index (χ0) is 26.4. The smallest absolute Gasteiger partial charge is 0.303 e. The van der Waals surface area contributed by atoms with Gasteiger partial charge in [0.05, 0.1) is 12.2 Å². The van der Waals surface area contributed by atoms with Gasteiger partial charge in [0.1, 0.15) is 12.2 Å². The number of esters is 1. The summed E-state index contributed by atoms with van der Waals surface area (Å²) in [6, 6.07) is 0. The van der Waals surface area contributed by atoms with Gasteiger partial charge in [0, 0.05) is 12.8 Å². The number of carbonyl (C=O) groups excluding carboxylic acids is 1. The van der Waals surface area contributed by atoms with Gasteiger partial charge in [-0.3, -0.25) is 4.79 Å². The lowest BCUT2D eigenvalue weighted by atomic mass is 9.43. The van der Waals surface area contributed by atoms with Crippen molar-refractivity contribution in [1.29, 1.82) is 0 Å². The van der Waals surface area contributed by atoms with Crippen molar-refractivity contribution in [2.24, 2.45) is 39.4 Å². The second kappa shape index (κ2) is 8.43. The van der Waals surface area contributed by atoms with E-state index in [1.54, 1.807) is 11.1 Å². The minimum atomic E-state index is -0.234. The highest BCUT2D eigenvalue weighted by Crippen LogP contribution is 2.73. The molecule has 0 bridgehead atoms. The Morgan fingerprint density at radius 2 is 1.72 bits per heavy atom. The third kappa shape index (κ3) is 3.49. The number of fused-ring (bicyclic) bond motifs is 6. The van der Waals surface area contributed by atoms with Crippen LogP contribution in [0.2, 0.25) is 0 Å². The number of hydrogen-bond acceptors (Lipinski definition) is 4. The SMILES string of the molecule is CC(=O)O[C@@H]1[C@@H](C)[C@H]2[C@@H](C[C@@]3(C)C4=C(CC[C@]23C)[C@@]2(C)CC[C@@H](O)C(C)(C)[C@H]2CC4)O[C@H]1C=C(C)C. The molecule has 4 aliphatic carbocycles. The maximum absolute atomic E-state index is 12.1. The highest BCUT2D eigenvalue weighted by atomic mass is 16.6. The first kappa shape index (κ1) is 26.5. The van der Waals surface area contributed by atoms with Gasteiger partial charge in [-0.15, -0.1) is 0 Å². The van der Waals surface area contributed by atoms with Crippen LogP contribution in [0.1, 0.15) is 107 Å². The van der Waals surface area contributed by atoms with E-state index in [0.29, 0.717) is 11.8 Å². The summed E-state index contributed by atoms with van der Waals surface area (Å²) in [5, 5.41) is 10.9. The third-order valence-electron chi connectivity index (χ3n) is 12.3. The Kier molecular flexibility index (Phi) is 6.20. The molecule has 3 fully saturated rings. The first-order valence-electron chi connectivity index (χ1n) is 14.6. The molecule has 36 heavy (non-hydrogen) atoms. The molecule has 1 N–H and O–H groups in total. The second-order valence-electron chi connectivity index (χ2n) is 14.6. The van der Waals surface area contributed by atoms with Gasteiger partial charge in [0.2, 0.25) is 0 Å². The normalized spacial score (nSPS) is 49.3. The van der Waals surface area contributed by atoms with Crippen LogP contribution in [-0.2, 0) is 14.3 Å². The average molecular weight is 499 g/mol. The van der Waals surface area contributed by atoms with Crippen LogP contribution in [0.25, 0.3) is 0 Å². The van der Waals surface area contributed by atoms with Gasteiger partial charge in [-0.1, -0.05) is 64.3 Å². The van der Waals surface area contributed by atoms with Crippen LogP contribution in [-0.4, -0.2) is 35.5 Å². The fourth-order valence-corrected chi connectivity index (χ4v) is 10.4. The number of carbonyl (C=O) groups is 1. The van der Waals surface area contributed by atoms with Crippen molar-refractivity contribution in [2.45, 2.75) is 132 Å². The molecule has 4 nitrogen and oxygen atoms in total. The maximum Gasteiger partial charge on any atom is 0.303 e. The predicted molar refractivity (Wildman–Crippen MR) is 143 cm³/mol.